The molecule has 104 valence electrons. The number of hydrogen-bond donors (Lipinski definition) is 2. The van der Waals surface area contributed by atoms with Crippen molar-refractivity contribution in [3.8, 4) is 10.6 Å². The Morgan fingerprint density at radius 2 is 2.20 bits per heavy atom. The second-order valence-electron chi connectivity index (χ2n) is 5.05. The van der Waals surface area contributed by atoms with Crippen molar-refractivity contribution in [2.24, 2.45) is 5.92 Å². The van der Waals surface area contributed by atoms with Gasteiger partial charge in [0.1, 0.15) is 5.01 Å². The van der Waals surface area contributed by atoms with Crippen LogP contribution in [0.3, 0.4) is 0 Å². The van der Waals surface area contributed by atoms with Crippen molar-refractivity contribution in [3.05, 3.63) is 35.3 Å². The minimum Gasteiger partial charge on any atom is -0.326 e. The third kappa shape index (κ3) is 2.89. The van der Waals surface area contributed by atoms with Gasteiger partial charge in [-0.3, -0.25) is 4.79 Å². The van der Waals surface area contributed by atoms with Gasteiger partial charge in [0.15, 0.2) is 0 Å². The first kappa shape index (κ1) is 13.3. The van der Waals surface area contributed by atoms with Crippen LogP contribution in [-0.4, -0.2) is 24.0 Å². The number of rotatable bonds is 3. The van der Waals surface area contributed by atoms with Crippen molar-refractivity contribution in [2.75, 3.05) is 18.4 Å². The lowest BCUT2D eigenvalue weighted by Gasteiger charge is -2.10. The van der Waals surface area contributed by atoms with Crippen molar-refractivity contribution in [1.29, 1.82) is 0 Å². The first-order valence-corrected chi connectivity index (χ1v) is 7.64. The van der Waals surface area contributed by atoms with E-state index in [4.69, 9.17) is 0 Å². The van der Waals surface area contributed by atoms with Crippen molar-refractivity contribution in [1.82, 2.24) is 10.3 Å². The zero-order chi connectivity index (χ0) is 13.9. The molecule has 1 aliphatic rings. The van der Waals surface area contributed by atoms with Gasteiger partial charge in [-0.25, -0.2) is 4.98 Å². The lowest BCUT2D eigenvalue weighted by molar-refractivity contribution is -0.119. The zero-order valence-corrected chi connectivity index (χ0v) is 12.2. The topological polar surface area (TPSA) is 54.0 Å². The number of amides is 1. The summed E-state index contributed by atoms with van der Waals surface area (Å²) in [5.74, 6) is 0.198. The highest BCUT2D eigenvalue weighted by Crippen LogP contribution is 2.25. The van der Waals surface area contributed by atoms with Crippen LogP contribution in [0.4, 0.5) is 5.69 Å². The lowest BCUT2D eigenvalue weighted by Crippen LogP contribution is -2.24. The summed E-state index contributed by atoms with van der Waals surface area (Å²) in [5.41, 5.74) is 2.97. The third-order valence-electron chi connectivity index (χ3n) is 3.45. The van der Waals surface area contributed by atoms with Gasteiger partial charge in [0.05, 0.1) is 5.92 Å². The molecule has 5 heteroatoms. The molecular weight excluding hydrogens is 270 g/mol. The van der Waals surface area contributed by atoms with E-state index in [-0.39, 0.29) is 11.8 Å². The van der Waals surface area contributed by atoms with Crippen molar-refractivity contribution >= 4 is 22.9 Å². The average Bonchev–Trinajstić information content (AvgIpc) is 3.10. The van der Waals surface area contributed by atoms with Gasteiger partial charge in [0.2, 0.25) is 5.91 Å². The van der Waals surface area contributed by atoms with Crippen LogP contribution in [0.15, 0.2) is 29.6 Å². The molecule has 3 rings (SSSR count). The molecule has 1 saturated heterocycles. The van der Waals surface area contributed by atoms with E-state index in [9.17, 15) is 4.79 Å². The lowest BCUT2D eigenvalue weighted by atomic mass is 10.1. The maximum Gasteiger partial charge on any atom is 0.228 e. The molecule has 1 aromatic heterocycles. The molecule has 1 amide bonds. The Kier molecular flexibility index (Phi) is 3.80. The number of nitrogens with zero attached hydrogens (tertiary/aromatic N) is 1. The molecule has 2 aromatic rings. The molecule has 4 nitrogen and oxygen atoms in total. The number of aryl methyl sites for hydroxylation is 1. The van der Waals surface area contributed by atoms with E-state index in [2.05, 4.69) is 15.6 Å². The van der Waals surface area contributed by atoms with Crippen LogP contribution in [0.25, 0.3) is 10.6 Å². The monoisotopic (exact) mass is 287 g/mol. The van der Waals surface area contributed by atoms with E-state index < -0.39 is 0 Å². The van der Waals surface area contributed by atoms with Crippen LogP contribution >= 0.6 is 11.3 Å². The molecule has 1 atom stereocenters. The first-order valence-electron chi connectivity index (χ1n) is 6.76. The van der Waals surface area contributed by atoms with E-state index in [1.807, 2.05) is 36.6 Å². The SMILES string of the molecule is Cc1csc(-c2ccc(NC(=O)C3CCNC3)cc2)n1. The van der Waals surface area contributed by atoms with Gasteiger partial charge in [0.25, 0.3) is 0 Å². The minimum atomic E-state index is 0.0938. The summed E-state index contributed by atoms with van der Waals surface area (Å²) in [7, 11) is 0. The number of carbonyl (C=O) groups excluding carboxylic acids is 1. The Hall–Kier alpha value is -1.72. The molecule has 0 radical (unpaired) electrons. The second kappa shape index (κ2) is 5.73. The van der Waals surface area contributed by atoms with Gasteiger partial charge in [-0.15, -0.1) is 11.3 Å². The molecule has 1 unspecified atom stereocenters. The van der Waals surface area contributed by atoms with E-state index >= 15 is 0 Å². The minimum absolute atomic E-state index is 0.0938. The fourth-order valence-electron chi connectivity index (χ4n) is 2.31. The molecule has 0 spiro atoms. The molecule has 20 heavy (non-hydrogen) atoms. The number of benzene rings is 1. The van der Waals surface area contributed by atoms with E-state index in [0.29, 0.717) is 0 Å². The van der Waals surface area contributed by atoms with E-state index in [1.54, 1.807) is 11.3 Å². The molecule has 0 bridgehead atoms. The average molecular weight is 287 g/mol. The number of anilines is 1. The van der Waals surface area contributed by atoms with Crippen LogP contribution in [0.1, 0.15) is 12.1 Å². The number of aromatic nitrogens is 1. The highest BCUT2D eigenvalue weighted by atomic mass is 32.1. The van der Waals surface area contributed by atoms with Crippen LogP contribution in [-0.2, 0) is 4.79 Å². The second-order valence-corrected chi connectivity index (χ2v) is 5.91. The summed E-state index contributed by atoms with van der Waals surface area (Å²) in [4.78, 5) is 16.5. The van der Waals surface area contributed by atoms with Gasteiger partial charge in [0, 0.05) is 28.9 Å². The molecule has 2 heterocycles. The summed E-state index contributed by atoms with van der Waals surface area (Å²) in [5, 5.41) is 9.23. The Morgan fingerprint density at radius 3 is 2.80 bits per heavy atom. The van der Waals surface area contributed by atoms with Gasteiger partial charge >= 0.3 is 0 Å². The van der Waals surface area contributed by atoms with Crippen LogP contribution in [0.5, 0.6) is 0 Å². The standard InChI is InChI=1S/C15H17N3OS/c1-10-9-20-15(17-10)11-2-4-13(5-3-11)18-14(19)12-6-7-16-8-12/h2-5,9,12,16H,6-8H2,1H3,(H,18,19). The molecular formula is C15H17N3OS. The number of nitrogens with one attached hydrogen (secondary N) is 2. The predicted octanol–water partition coefficient (Wildman–Crippen LogP) is 2.67. The Balaban J connectivity index is 1.68. The van der Waals surface area contributed by atoms with Crippen molar-refractivity contribution in [3.63, 3.8) is 0 Å². The summed E-state index contributed by atoms with van der Waals surface area (Å²) < 4.78 is 0. The van der Waals surface area contributed by atoms with Crippen LogP contribution in [0.2, 0.25) is 0 Å². The highest BCUT2D eigenvalue weighted by Gasteiger charge is 2.22. The quantitative estimate of drug-likeness (QED) is 0.912. The Bertz CT molecular complexity index is 600. The van der Waals surface area contributed by atoms with Gasteiger partial charge < -0.3 is 10.6 Å². The number of hydrogen-bond acceptors (Lipinski definition) is 4. The van der Waals surface area contributed by atoms with Crippen molar-refractivity contribution < 1.29 is 4.79 Å². The molecule has 0 saturated carbocycles. The van der Waals surface area contributed by atoms with E-state index in [0.717, 1.165) is 41.5 Å². The Morgan fingerprint density at radius 1 is 1.40 bits per heavy atom. The fourth-order valence-corrected chi connectivity index (χ4v) is 3.11. The third-order valence-corrected chi connectivity index (χ3v) is 4.46. The molecule has 0 aliphatic carbocycles. The first-order chi connectivity index (χ1) is 9.72. The summed E-state index contributed by atoms with van der Waals surface area (Å²) in [6.45, 7) is 3.70. The zero-order valence-electron chi connectivity index (χ0n) is 11.3. The predicted molar refractivity (Wildman–Crippen MR) is 81.9 cm³/mol. The summed E-state index contributed by atoms with van der Waals surface area (Å²) >= 11 is 1.64. The van der Waals surface area contributed by atoms with Gasteiger partial charge in [-0.2, -0.15) is 0 Å². The van der Waals surface area contributed by atoms with Crippen LogP contribution < -0.4 is 10.6 Å². The fraction of sp³-hybridized carbons (Fsp3) is 0.333. The van der Waals surface area contributed by atoms with Crippen LogP contribution in [0, 0.1) is 12.8 Å². The van der Waals surface area contributed by atoms with E-state index in [1.165, 1.54) is 0 Å². The van der Waals surface area contributed by atoms with Crippen molar-refractivity contribution in [2.45, 2.75) is 13.3 Å². The normalized spacial score (nSPS) is 18.1. The molecule has 2 N–H and O–H groups in total. The summed E-state index contributed by atoms with van der Waals surface area (Å²) in [6.07, 6.45) is 0.919. The van der Waals surface area contributed by atoms with Gasteiger partial charge in [-0.1, -0.05) is 0 Å². The number of carbonyl (C=O) groups is 1. The maximum atomic E-state index is 12.0. The molecule has 1 aliphatic heterocycles. The molecule has 1 fully saturated rings. The van der Waals surface area contributed by atoms with Gasteiger partial charge in [-0.05, 0) is 44.2 Å². The molecule has 1 aromatic carbocycles. The Labute approximate surface area is 122 Å². The smallest absolute Gasteiger partial charge is 0.228 e. The highest BCUT2D eigenvalue weighted by molar-refractivity contribution is 7.13. The number of thiazole rings is 1. The summed E-state index contributed by atoms with van der Waals surface area (Å²) in [6, 6.07) is 7.88. The largest absolute Gasteiger partial charge is 0.326 e. The maximum absolute atomic E-state index is 12.0.